The lowest BCUT2D eigenvalue weighted by Crippen LogP contribution is -2.23. The van der Waals surface area contributed by atoms with Crippen LogP contribution in [0, 0.1) is 0 Å². The van der Waals surface area contributed by atoms with E-state index in [0.29, 0.717) is 34.5 Å². The summed E-state index contributed by atoms with van der Waals surface area (Å²) in [5, 5.41) is 5.02. The molecule has 0 unspecified atom stereocenters. The summed E-state index contributed by atoms with van der Waals surface area (Å²) in [4.78, 5) is 11.9. The van der Waals surface area contributed by atoms with Crippen LogP contribution < -0.4 is 16.0 Å². The fourth-order valence-corrected chi connectivity index (χ4v) is 2.14. The summed E-state index contributed by atoms with van der Waals surface area (Å²) < 4.78 is 6.50. The van der Waals surface area contributed by atoms with Gasteiger partial charge < -0.3 is 10.5 Å². The Morgan fingerprint density at radius 2 is 2.00 bits per heavy atom. The first kappa shape index (κ1) is 14.8. The second-order valence-electron chi connectivity index (χ2n) is 4.02. The van der Waals surface area contributed by atoms with Gasteiger partial charge >= 0.3 is 0 Å². The zero-order valence-corrected chi connectivity index (χ0v) is 12.1. The first-order valence-electron chi connectivity index (χ1n) is 5.94. The molecule has 0 saturated heterocycles. The van der Waals surface area contributed by atoms with Gasteiger partial charge in [-0.2, -0.15) is 5.10 Å². The van der Waals surface area contributed by atoms with Crippen LogP contribution in [0.2, 0.25) is 10.0 Å². The lowest BCUT2D eigenvalue weighted by atomic mass is 10.2. The molecular weight excluding hydrogens is 301 g/mol. The zero-order chi connectivity index (χ0) is 14.5. The molecule has 0 bridgehead atoms. The van der Waals surface area contributed by atoms with Gasteiger partial charge in [0.25, 0.3) is 5.56 Å². The average Bonchev–Trinajstić information content (AvgIpc) is 2.42. The van der Waals surface area contributed by atoms with Gasteiger partial charge in [-0.3, -0.25) is 4.79 Å². The molecule has 2 aromatic rings. The Kier molecular flexibility index (Phi) is 5.00. The summed E-state index contributed by atoms with van der Waals surface area (Å²) in [5.41, 5.74) is 5.68. The van der Waals surface area contributed by atoms with E-state index in [0.717, 1.165) is 0 Å². The van der Waals surface area contributed by atoms with E-state index < -0.39 is 0 Å². The summed E-state index contributed by atoms with van der Waals surface area (Å²) >= 11 is 12.1. The largest absolute Gasteiger partial charge is 0.490 e. The highest BCUT2D eigenvalue weighted by Gasteiger charge is 2.08. The van der Waals surface area contributed by atoms with Gasteiger partial charge in [0.1, 0.15) is 12.4 Å². The maximum Gasteiger partial charge on any atom is 0.270 e. The van der Waals surface area contributed by atoms with Crippen molar-refractivity contribution in [3.8, 4) is 5.75 Å². The van der Waals surface area contributed by atoms with Crippen LogP contribution in [0.25, 0.3) is 0 Å². The molecule has 1 aromatic carbocycles. The third kappa shape index (κ3) is 3.50. The number of ether oxygens (including phenoxy) is 1. The molecule has 0 aliphatic rings. The Hall–Kier alpha value is -1.56. The highest BCUT2D eigenvalue weighted by molar-refractivity contribution is 6.35. The molecule has 0 aliphatic carbocycles. The van der Waals surface area contributed by atoms with Crippen molar-refractivity contribution in [1.82, 2.24) is 9.78 Å². The molecule has 0 spiro atoms. The average molecular weight is 314 g/mol. The molecular formula is C13H13Cl2N3O2. The standard InChI is InChI=1S/C13H13Cl2N3O2/c14-11-2-1-3-12(15)10(11)8-18-13(19)6-9(7-17-18)20-5-4-16/h1-3,6-7H,4-5,8,16H2. The second-order valence-corrected chi connectivity index (χ2v) is 4.84. The third-order valence-electron chi connectivity index (χ3n) is 2.60. The van der Waals surface area contributed by atoms with Crippen molar-refractivity contribution in [1.29, 1.82) is 0 Å². The zero-order valence-electron chi connectivity index (χ0n) is 10.6. The smallest absolute Gasteiger partial charge is 0.270 e. The Bertz CT molecular complexity index is 638. The van der Waals surface area contributed by atoms with Crippen molar-refractivity contribution in [2.75, 3.05) is 13.2 Å². The van der Waals surface area contributed by atoms with Gasteiger partial charge in [0.15, 0.2) is 0 Å². The van der Waals surface area contributed by atoms with E-state index in [1.54, 1.807) is 18.2 Å². The van der Waals surface area contributed by atoms with E-state index >= 15 is 0 Å². The lowest BCUT2D eigenvalue weighted by molar-refractivity contribution is 0.324. The summed E-state index contributed by atoms with van der Waals surface area (Å²) in [6.45, 7) is 0.911. The van der Waals surface area contributed by atoms with Crippen LogP contribution in [-0.2, 0) is 6.54 Å². The number of aromatic nitrogens is 2. The van der Waals surface area contributed by atoms with Gasteiger partial charge in [-0.25, -0.2) is 4.68 Å². The normalized spacial score (nSPS) is 10.6. The maximum absolute atomic E-state index is 11.9. The van der Waals surface area contributed by atoms with Gasteiger partial charge in [-0.1, -0.05) is 29.3 Å². The van der Waals surface area contributed by atoms with Crippen molar-refractivity contribution < 1.29 is 4.74 Å². The number of benzene rings is 1. The first-order chi connectivity index (χ1) is 9.61. The predicted molar refractivity (Wildman–Crippen MR) is 78.6 cm³/mol. The number of hydrogen-bond donors (Lipinski definition) is 1. The van der Waals surface area contributed by atoms with Crippen molar-refractivity contribution in [2.24, 2.45) is 5.73 Å². The van der Waals surface area contributed by atoms with E-state index in [9.17, 15) is 4.79 Å². The van der Waals surface area contributed by atoms with Crippen molar-refractivity contribution in [2.45, 2.75) is 6.54 Å². The van der Waals surface area contributed by atoms with Crippen LogP contribution in [0.4, 0.5) is 0 Å². The third-order valence-corrected chi connectivity index (χ3v) is 3.31. The molecule has 0 amide bonds. The van der Waals surface area contributed by atoms with Gasteiger partial charge in [0.2, 0.25) is 0 Å². The van der Waals surface area contributed by atoms with Crippen LogP contribution in [0.5, 0.6) is 5.75 Å². The minimum absolute atomic E-state index is 0.203. The minimum Gasteiger partial charge on any atom is -0.490 e. The molecule has 0 aliphatic heterocycles. The highest BCUT2D eigenvalue weighted by Crippen LogP contribution is 2.24. The van der Waals surface area contributed by atoms with Gasteiger partial charge in [-0.15, -0.1) is 0 Å². The minimum atomic E-state index is -0.296. The number of rotatable bonds is 5. The van der Waals surface area contributed by atoms with E-state index in [-0.39, 0.29) is 12.1 Å². The quantitative estimate of drug-likeness (QED) is 0.915. The number of nitrogens with two attached hydrogens (primary N) is 1. The molecule has 0 radical (unpaired) electrons. The highest BCUT2D eigenvalue weighted by atomic mass is 35.5. The molecule has 20 heavy (non-hydrogen) atoms. The molecule has 0 atom stereocenters. The molecule has 106 valence electrons. The lowest BCUT2D eigenvalue weighted by Gasteiger charge is -2.09. The van der Waals surface area contributed by atoms with Crippen LogP contribution >= 0.6 is 23.2 Å². The number of nitrogens with zero attached hydrogens (tertiary/aromatic N) is 2. The fourth-order valence-electron chi connectivity index (χ4n) is 1.62. The maximum atomic E-state index is 11.9. The van der Waals surface area contributed by atoms with Crippen LogP contribution in [0.15, 0.2) is 35.3 Å². The Morgan fingerprint density at radius 1 is 1.30 bits per heavy atom. The molecule has 2 N–H and O–H groups in total. The molecule has 2 rings (SSSR count). The summed E-state index contributed by atoms with van der Waals surface area (Å²) in [6.07, 6.45) is 1.46. The second kappa shape index (κ2) is 6.74. The first-order valence-corrected chi connectivity index (χ1v) is 6.70. The van der Waals surface area contributed by atoms with Gasteiger partial charge in [-0.05, 0) is 12.1 Å². The molecule has 1 aromatic heterocycles. The Morgan fingerprint density at radius 3 is 2.60 bits per heavy atom. The van der Waals surface area contributed by atoms with Gasteiger partial charge in [0.05, 0.1) is 12.7 Å². The van der Waals surface area contributed by atoms with Crippen molar-refractivity contribution in [3.63, 3.8) is 0 Å². The number of halogens is 2. The van der Waals surface area contributed by atoms with E-state index in [2.05, 4.69) is 5.10 Å². The van der Waals surface area contributed by atoms with E-state index in [4.69, 9.17) is 33.7 Å². The van der Waals surface area contributed by atoms with E-state index in [1.807, 2.05) is 0 Å². The molecule has 1 heterocycles. The van der Waals surface area contributed by atoms with Crippen LogP contribution in [0.3, 0.4) is 0 Å². The molecule has 5 nitrogen and oxygen atoms in total. The van der Waals surface area contributed by atoms with Crippen molar-refractivity contribution in [3.05, 3.63) is 56.4 Å². The molecule has 7 heteroatoms. The number of hydrogen-bond acceptors (Lipinski definition) is 4. The molecule has 0 saturated carbocycles. The summed E-state index contributed by atoms with van der Waals surface area (Å²) in [7, 11) is 0. The fraction of sp³-hybridized carbons (Fsp3) is 0.231. The van der Waals surface area contributed by atoms with Crippen LogP contribution in [0.1, 0.15) is 5.56 Å². The van der Waals surface area contributed by atoms with Crippen molar-refractivity contribution >= 4 is 23.2 Å². The topological polar surface area (TPSA) is 70.1 Å². The summed E-state index contributed by atoms with van der Waals surface area (Å²) in [5.74, 6) is 0.391. The Labute approximate surface area is 125 Å². The molecule has 0 fully saturated rings. The van der Waals surface area contributed by atoms with Crippen LogP contribution in [-0.4, -0.2) is 22.9 Å². The monoisotopic (exact) mass is 313 g/mol. The Balaban J connectivity index is 2.24. The predicted octanol–water partition coefficient (Wildman–Crippen LogP) is 1.94. The summed E-state index contributed by atoms with van der Waals surface area (Å²) in [6, 6.07) is 6.53. The van der Waals surface area contributed by atoms with Gasteiger partial charge in [0, 0.05) is 28.2 Å². The SMILES string of the molecule is NCCOc1cnn(Cc2c(Cl)cccc2Cl)c(=O)c1. The van der Waals surface area contributed by atoms with E-state index in [1.165, 1.54) is 16.9 Å².